The van der Waals surface area contributed by atoms with Gasteiger partial charge < -0.3 is 10.1 Å². The lowest BCUT2D eigenvalue weighted by Crippen LogP contribution is -2.04. The van der Waals surface area contributed by atoms with Crippen LogP contribution in [0.4, 0.5) is 10.1 Å². The molecular weight excluding hydrogens is 345 g/mol. The normalized spacial score (nSPS) is 10.6. The molecular formula is C15H14BrClFNO. The zero-order valence-corrected chi connectivity index (χ0v) is 13.3. The third kappa shape index (κ3) is 3.72. The van der Waals surface area contributed by atoms with Crippen molar-refractivity contribution in [1.29, 1.82) is 0 Å². The Bertz CT molecular complexity index is 606. The Morgan fingerprint density at radius 1 is 1.30 bits per heavy atom. The molecule has 2 aromatic rings. The highest BCUT2D eigenvalue weighted by Gasteiger charge is 2.07. The molecule has 2 nitrogen and oxygen atoms in total. The van der Waals surface area contributed by atoms with Gasteiger partial charge in [-0.15, -0.1) is 0 Å². The summed E-state index contributed by atoms with van der Waals surface area (Å²) in [6.45, 7) is 1.01. The maximum Gasteiger partial charge on any atom is 0.142 e. The van der Waals surface area contributed by atoms with E-state index in [1.54, 1.807) is 19.2 Å². The highest BCUT2D eigenvalue weighted by Crippen LogP contribution is 2.26. The van der Waals surface area contributed by atoms with E-state index in [1.807, 2.05) is 18.2 Å². The molecule has 0 saturated carbocycles. The van der Waals surface area contributed by atoms with E-state index in [1.165, 1.54) is 6.07 Å². The van der Waals surface area contributed by atoms with Crippen molar-refractivity contribution in [3.63, 3.8) is 0 Å². The highest BCUT2D eigenvalue weighted by atomic mass is 79.9. The summed E-state index contributed by atoms with van der Waals surface area (Å²) in [5.74, 6) is -0.405. The largest absolute Gasteiger partial charge is 0.381 e. The van der Waals surface area contributed by atoms with Gasteiger partial charge in [0.05, 0.1) is 11.6 Å². The number of anilines is 1. The zero-order valence-electron chi connectivity index (χ0n) is 10.9. The summed E-state index contributed by atoms with van der Waals surface area (Å²) in [5, 5.41) is 3.42. The third-order valence-electron chi connectivity index (χ3n) is 2.87. The summed E-state index contributed by atoms with van der Waals surface area (Å²) in [6.07, 6.45) is 0. The Balaban J connectivity index is 2.14. The fourth-order valence-corrected chi connectivity index (χ4v) is 2.46. The standard InChI is InChI=1S/C15H14BrClFNO/c1-20-9-11-12(16)3-2-4-15(11)19-8-10-5-6-13(17)14(18)7-10/h2-7,19H,8-9H2,1H3. The van der Waals surface area contributed by atoms with E-state index in [0.29, 0.717) is 13.2 Å². The van der Waals surface area contributed by atoms with Gasteiger partial charge in [0.1, 0.15) is 5.82 Å². The molecule has 0 aromatic heterocycles. The quantitative estimate of drug-likeness (QED) is 0.812. The Hall–Kier alpha value is -1.10. The number of benzene rings is 2. The first kappa shape index (κ1) is 15.3. The number of methoxy groups -OCH3 is 1. The Morgan fingerprint density at radius 3 is 2.80 bits per heavy atom. The van der Waals surface area contributed by atoms with E-state index in [9.17, 15) is 4.39 Å². The topological polar surface area (TPSA) is 21.3 Å². The van der Waals surface area contributed by atoms with Crippen molar-refractivity contribution in [2.24, 2.45) is 0 Å². The van der Waals surface area contributed by atoms with Crippen molar-refractivity contribution < 1.29 is 9.13 Å². The molecule has 0 atom stereocenters. The van der Waals surface area contributed by atoms with Crippen LogP contribution in [0, 0.1) is 5.82 Å². The molecule has 0 saturated heterocycles. The zero-order chi connectivity index (χ0) is 14.5. The van der Waals surface area contributed by atoms with Gasteiger partial charge in [0.2, 0.25) is 0 Å². The first-order valence-electron chi connectivity index (χ1n) is 6.06. The van der Waals surface area contributed by atoms with E-state index >= 15 is 0 Å². The Labute approximate surface area is 131 Å². The maximum atomic E-state index is 13.4. The Kier molecular flexibility index (Phi) is 5.40. The minimum atomic E-state index is -0.405. The summed E-state index contributed by atoms with van der Waals surface area (Å²) in [5.41, 5.74) is 2.82. The number of nitrogens with one attached hydrogen (secondary N) is 1. The van der Waals surface area contributed by atoms with Crippen LogP contribution < -0.4 is 5.32 Å². The van der Waals surface area contributed by atoms with Gasteiger partial charge in [0, 0.05) is 29.4 Å². The van der Waals surface area contributed by atoms with Crippen LogP contribution in [0.1, 0.15) is 11.1 Å². The lowest BCUT2D eigenvalue weighted by atomic mass is 10.1. The average Bonchev–Trinajstić information content (AvgIpc) is 2.43. The number of ether oxygens (including phenoxy) is 1. The summed E-state index contributed by atoms with van der Waals surface area (Å²) in [6, 6.07) is 10.7. The van der Waals surface area contributed by atoms with Gasteiger partial charge in [-0.05, 0) is 29.8 Å². The van der Waals surface area contributed by atoms with E-state index in [0.717, 1.165) is 21.3 Å². The number of halogens is 3. The Morgan fingerprint density at radius 2 is 2.10 bits per heavy atom. The van der Waals surface area contributed by atoms with Gasteiger partial charge in [0.15, 0.2) is 0 Å². The molecule has 5 heteroatoms. The molecule has 20 heavy (non-hydrogen) atoms. The molecule has 106 valence electrons. The first-order chi connectivity index (χ1) is 9.61. The molecule has 0 aliphatic rings. The highest BCUT2D eigenvalue weighted by molar-refractivity contribution is 9.10. The monoisotopic (exact) mass is 357 g/mol. The molecule has 0 fully saturated rings. The minimum Gasteiger partial charge on any atom is -0.381 e. The molecule has 0 radical (unpaired) electrons. The molecule has 1 N–H and O–H groups in total. The van der Waals surface area contributed by atoms with E-state index in [2.05, 4.69) is 21.2 Å². The minimum absolute atomic E-state index is 0.135. The first-order valence-corrected chi connectivity index (χ1v) is 7.23. The third-order valence-corrected chi connectivity index (χ3v) is 3.92. The molecule has 2 aromatic carbocycles. The van der Waals surface area contributed by atoms with Crippen LogP contribution in [0.3, 0.4) is 0 Å². The number of rotatable bonds is 5. The number of hydrogen-bond donors (Lipinski definition) is 1. The van der Waals surface area contributed by atoms with Crippen molar-refractivity contribution >= 4 is 33.2 Å². The van der Waals surface area contributed by atoms with E-state index in [-0.39, 0.29) is 5.02 Å². The second kappa shape index (κ2) is 7.07. The maximum absolute atomic E-state index is 13.4. The van der Waals surface area contributed by atoms with Crippen LogP contribution in [0.5, 0.6) is 0 Å². The van der Waals surface area contributed by atoms with Gasteiger partial charge in [0.25, 0.3) is 0 Å². The molecule has 0 aliphatic heterocycles. The van der Waals surface area contributed by atoms with Crippen molar-refractivity contribution in [1.82, 2.24) is 0 Å². The van der Waals surface area contributed by atoms with Crippen molar-refractivity contribution in [2.45, 2.75) is 13.2 Å². The van der Waals surface area contributed by atoms with Gasteiger partial charge in [-0.1, -0.05) is 39.7 Å². The van der Waals surface area contributed by atoms with Crippen LogP contribution >= 0.6 is 27.5 Å². The van der Waals surface area contributed by atoms with Gasteiger partial charge >= 0.3 is 0 Å². The summed E-state index contributed by atoms with van der Waals surface area (Å²) in [4.78, 5) is 0. The van der Waals surface area contributed by atoms with Crippen LogP contribution in [-0.2, 0) is 17.9 Å². The van der Waals surface area contributed by atoms with E-state index in [4.69, 9.17) is 16.3 Å². The van der Waals surface area contributed by atoms with Crippen LogP contribution in [0.2, 0.25) is 5.02 Å². The summed E-state index contributed by atoms with van der Waals surface area (Å²) < 4.78 is 19.5. The lowest BCUT2D eigenvalue weighted by molar-refractivity contribution is 0.185. The van der Waals surface area contributed by atoms with Crippen LogP contribution in [0.25, 0.3) is 0 Å². The van der Waals surface area contributed by atoms with Crippen molar-refractivity contribution in [3.05, 3.63) is 62.8 Å². The molecule has 0 spiro atoms. The summed E-state index contributed by atoms with van der Waals surface area (Å²) in [7, 11) is 1.65. The van der Waals surface area contributed by atoms with Crippen molar-refractivity contribution in [3.8, 4) is 0 Å². The second-order valence-corrected chi connectivity index (χ2v) is 5.56. The molecule has 0 unspecified atom stereocenters. The molecule has 0 heterocycles. The SMILES string of the molecule is COCc1c(Br)cccc1NCc1ccc(Cl)c(F)c1. The predicted molar refractivity (Wildman–Crippen MR) is 83.6 cm³/mol. The average molecular weight is 359 g/mol. The molecule has 0 amide bonds. The van der Waals surface area contributed by atoms with Gasteiger partial charge in [-0.3, -0.25) is 0 Å². The fourth-order valence-electron chi connectivity index (χ4n) is 1.86. The van der Waals surface area contributed by atoms with E-state index < -0.39 is 5.82 Å². The number of hydrogen-bond acceptors (Lipinski definition) is 2. The smallest absolute Gasteiger partial charge is 0.142 e. The lowest BCUT2D eigenvalue weighted by Gasteiger charge is -2.13. The van der Waals surface area contributed by atoms with Crippen LogP contribution in [-0.4, -0.2) is 7.11 Å². The molecule has 2 rings (SSSR count). The van der Waals surface area contributed by atoms with Gasteiger partial charge in [-0.2, -0.15) is 0 Å². The van der Waals surface area contributed by atoms with Crippen LogP contribution in [0.15, 0.2) is 40.9 Å². The fraction of sp³-hybridized carbons (Fsp3) is 0.200. The predicted octanol–water partition coefficient (Wildman–Crippen LogP) is 5.00. The van der Waals surface area contributed by atoms with Crippen molar-refractivity contribution in [2.75, 3.05) is 12.4 Å². The second-order valence-electron chi connectivity index (χ2n) is 4.30. The van der Waals surface area contributed by atoms with Gasteiger partial charge in [-0.25, -0.2) is 4.39 Å². The summed E-state index contributed by atoms with van der Waals surface area (Å²) >= 11 is 9.16. The molecule has 0 aliphatic carbocycles. The molecule has 0 bridgehead atoms.